The quantitative estimate of drug-likeness (QED) is 0.904. The molecule has 1 unspecified atom stereocenters. The molecule has 1 atom stereocenters. The lowest BCUT2D eigenvalue weighted by Gasteiger charge is -2.43. The number of aryl methyl sites for hydroxylation is 1. The van der Waals surface area contributed by atoms with Crippen molar-refractivity contribution >= 4 is 11.3 Å². The van der Waals surface area contributed by atoms with Gasteiger partial charge in [-0.05, 0) is 24.0 Å². The number of piperazine rings is 1. The Morgan fingerprint density at radius 3 is 2.67 bits per heavy atom. The molecule has 1 N–H and O–H groups in total. The molecular weight excluding hydrogens is 240 g/mol. The van der Waals surface area contributed by atoms with Crippen molar-refractivity contribution in [2.24, 2.45) is 5.41 Å². The van der Waals surface area contributed by atoms with Gasteiger partial charge < -0.3 is 5.32 Å². The molecule has 1 aromatic rings. The number of nitrogens with one attached hydrogen (secondary N) is 1. The van der Waals surface area contributed by atoms with Crippen molar-refractivity contribution in [2.45, 2.75) is 46.7 Å². The van der Waals surface area contributed by atoms with Gasteiger partial charge >= 0.3 is 0 Å². The standard InChI is InChI=1S/C15H26N2S/c1-5-12-6-7-13(18-12)11-17-9-8-16-10-14(17)15(2,3)4/h6-7,14,16H,5,8-11H2,1-4H3. The maximum absolute atomic E-state index is 3.54. The molecule has 1 saturated heterocycles. The first-order chi connectivity index (χ1) is 8.50. The Bertz CT molecular complexity index is 378. The van der Waals surface area contributed by atoms with Crippen LogP contribution in [0.15, 0.2) is 12.1 Å². The summed E-state index contributed by atoms with van der Waals surface area (Å²) in [6.45, 7) is 13.8. The lowest BCUT2D eigenvalue weighted by atomic mass is 9.84. The summed E-state index contributed by atoms with van der Waals surface area (Å²) in [5.74, 6) is 0. The Balaban J connectivity index is 2.05. The summed E-state index contributed by atoms with van der Waals surface area (Å²) >= 11 is 1.98. The van der Waals surface area contributed by atoms with Gasteiger partial charge in [0.05, 0.1) is 0 Å². The van der Waals surface area contributed by atoms with E-state index in [-0.39, 0.29) is 0 Å². The topological polar surface area (TPSA) is 15.3 Å². The van der Waals surface area contributed by atoms with Crippen molar-refractivity contribution in [3.05, 3.63) is 21.9 Å². The average Bonchev–Trinajstić information content (AvgIpc) is 2.76. The van der Waals surface area contributed by atoms with Crippen LogP contribution in [0.25, 0.3) is 0 Å². The smallest absolute Gasteiger partial charge is 0.0332 e. The van der Waals surface area contributed by atoms with Crippen LogP contribution in [0.1, 0.15) is 37.4 Å². The van der Waals surface area contributed by atoms with Crippen molar-refractivity contribution in [3.63, 3.8) is 0 Å². The van der Waals surface area contributed by atoms with Crippen LogP contribution in [0.2, 0.25) is 0 Å². The van der Waals surface area contributed by atoms with E-state index >= 15 is 0 Å². The second kappa shape index (κ2) is 5.72. The minimum absolute atomic E-state index is 0.346. The minimum Gasteiger partial charge on any atom is -0.314 e. The van der Waals surface area contributed by atoms with Gasteiger partial charge in [0.1, 0.15) is 0 Å². The summed E-state index contributed by atoms with van der Waals surface area (Å²) < 4.78 is 0. The van der Waals surface area contributed by atoms with Gasteiger partial charge in [0.25, 0.3) is 0 Å². The van der Waals surface area contributed by atoms with Gasteiger partial charge in [-0.1, -0.05) is 27.7 Å². The van der Waals surface area contributed by atoms with E-state index in [0.717, 1.165) is 26.1 Å². The fourth-order valence-electron chi connectivity index (χ4n) is 2.69. The van der Waals surface area contributed by atoms with E-state index in [1.165, 1.54) is 16.3 Å². The van der Waals surface area contributed by atoms with Crippen LogP contribution < -0.4 is 5.32 Å². The molecule has 102 valence electrons. The van der Waals surface area contributed by atoms with E-state index in [1.807, 2.05) is 11.3 Å². The molecule has 1 aliphatic heterocycles. The monoisotopic (exact) mass is 266 g/mol. The number of hydrogen-bond donors (Lipinski definition) is 1. The van der Waals surface area contributed by atoms with E-state index in [4.69, 9.17) is 0 Å². The van der Waals surface area contributed by atoms with Gasteiger partial charge in [0.15, 0.2) is 0 Å². The van der Waals surface area contributed by atoms with Crippen molar-refractivity contribution < 1.29 is 0 Å². The van der Waals surface area contributed by atoms with Gasteiger partial charge in [-0.3, -0.25) is 4.90 Å². The average molecular weight is 266 g/mol. The number of rotatable bonds is 3. The molecule has 1 aliphatic rings. The van der Waals surface area contributed by atoms with Crippen LogP contribution in [0.3, 0.4) is 0 Å². The lowest BCUT2D eigenvalue weighted by Crippen LogP contribution is -2.56. The third-order valence-corrected chi connectivity index (χ3v) is 4.99. The highest BCUT2D eigenvalue weighted by molar-refractivity contribution is 7.11. The van der Waals surface area contributed by atoms with Crippen molar-refractivity contribution in [1.29, 1.82) is 0 Å². The summed E-state index contributed by atoms with van der Waals surface area (Å²) in [6, 6.07) is 5.23. The summed E-state index contributed by atoms with van der Waals surface area (Å²) in [5.41, 5.74) is 0.346. The van der Waals surface area contributed by atoms with E-state index in [2.05, 4.69) is 50.0 Å². The zero-order chi connectivity index (χ0) is 13.2. The maximum atomic E-state index is 3.54. The Morgan fingerprint density at radius 2 is 2.06 bits per heavy atom. The normalized spacial score (nSPS) is 22.3. The first-order valence-corrected chi connectivity index (χ1v) is 7.84. The van der Waals surface area contributed by atoms with Gasteiger partial charge in [0.2, 0.25) is 0 Å². The molecule has 3 heteroatoms. The van der Waals surface area contributed by atoms with Crippen molar-refractivity contribution in [2.75, 3.05) is 19.6 Å². The summed E-state index contributed by atoms with van der Waals surface area (Å²) in [7, 11) is 0. The molecular formula is C15H26N2S. The van der Waals surface area contributed by atoms with Crippen molar-refractivity contribution in [3.8, 4) is 0 Å². The molecule has 2 heterocycles. The third-order valence-electron chi connectivity index (χ3n) is 3.78. The summed E-state index contributed by atoms with van der Waals surface area (Å²) in [5, 5.41) is 3.54. The molecule has 1 fully saturated rings. The van der Waals surface area contributed by atoms with E-state index in [1.54, 1.807) is 0 Å². The van der Waals surface area contributed by atoms with E-state index in [9.17, 15) is 0 Å². The molecule has 1 aromatic heterocycles. The van der Waals surface area contributed by atoms with Gasteiger partial charge in [-0.2, -0.15) is 0 Å². The summed E-state index contributed by atoms with van der Waals surface area (Å²) in [6.07, 6.45) is 1.16. The molecule has 2 nitrogen and oxygen atoms in total. The van der Waals surface area contributed by atoms with Gasteiger partial charge in [-0.25, -0.2) is 0 Å². The van der Waals surface area contributed by atoms with E-state index in [0.29, 0.717) is 11.5 Å². The molecule has 0 saturated carbocycles. The molecule has 0 spiro atoms. The first-order valence-electron chi connectivity index (χ1n) is 7.03. The third kappa shape index (κ3) is 3.34. The number of hydrogen-bond acceptors (Lipinski definition) is 3. The van der Waals surface area contributed by atoms with Crippen LogP contribution in [0, 0.1) is 5.41 Å². The largest absolute Gasteiger partial charge is 0.314 e. The SMILES string of the molecule is CCc1ccc(CN2CCNCC2C(C)(C)C)s1. The second-order valence-corrected chi connectivity index (χ2v) is 7.53. The molecule has 0 aliphatic carbocycles. The second-order valence-electron chi connectivity index (χ2n) is 6.28. The molecule has 18 heavy (non-hydrogen) atoms. The molecule has 0 amide bonds. The van der Waals surface area contributed by atoms with Crippen LogP contribution >= 0.6 is 11.3 Å². The van der Waals surface area contributed by atoms with Gasteiger partial charge in [-0.15, -0.1) is 11.3 Å². The minimum atomic E-state index is 0.346. The Hall–Kier alpha value is -0.380. The first kappa shape index (κ1) is 14.0. The maximum Gasteiger partial charge on any atom is 0.0332 e. The zero-order valence-corrected chi connectivity index (χ0v) is 12.9. The number of thiophene rings is 1. The predicted octanol–water partition coefficient (Wildman–Crippen LogP) is 3.13. The van der Waals surface area contributed by atoms with Gasteiger partial charge in [0, 0.05) is 42.0 Å². The molecule has 0 radical (unpaired) electrons. The molecule has 2 rings (SSSR count). The van der Waals surface area contributed by atoms with Crippen LogP contribution in [0.5, 0.6) is 0 Å². The fraction of sp³-hybridized carbons (Fsp3) is 0.733. The summed E-state index contributed by atoms with van der Waals surface area (Å²) in [4.78, 5) is 5.68. The van der Waals surface area contributed by atoms with Crippen molar-refractivity contribution in [1.82, 2.24) is 10.2 Å². The predicted molar refractivity (Wildman–Crippen MR) is 80.2 cm³/mol. The number of nitrogens with zero attached hydrogens (tertiary/aromatic N) is 1. The Kier molecular flexibility index (Phi) is 4.46. The lowest BCUT2D eigenvalue weighted by molar-refractivity contribution is 0.0698. The highest BCUT2D eigenvalue weighted by Gasteiger charge is 2.32. The highest BCUT2D eigenvalue weighted by Crippen LogP contribution is 2.28. The molecule has 0 aromatic carbocycles. The fourth-order valence-corrected chi connectivity index (χ4v) is 3.67. The van der Waals surface area contributed by atoms with Crippen LogP contribution in [-0.2, 0) is 13.0 Å². The molecule has 0 bridgehead atoms. The highest BCUT2D eigenvalue weighted by atomic mass is 32.1. The van der Waals surface area contributed by atoms with Crippen LogP contribution in [-0.4, -0.2) is 30.6 Å². The Morgan fingerprint density at radius 1 is 1.33 bits per heavy atom. The zero-order valence-electron chi connectivity index (χ0n) is 12.1. The Labute approximate surface area is 115 Å². The van der Waals surface area contributed by atoms with Crippen LogP contribution in [0.4, 0.5) is 0 Å². The van der Waals surface area contributed by atoms with E-state index < -0.39 is 0 Å².